The molecule has 1 saturated heterocycles. The van der Waals surface area contributed by atoms with Crippen molar-refractivity contribution < 1.29 is 9.13 Å². The zero-order valence-corrected chi connectivity index (χ0v) is 19.1. The second-order valence-electron chi connectivity index (χ2n) is 7.71. The van der Waals surface area contributed by atoms with Gasteiger partial charge in [0.1, 0.15) is 5.82 Å². The molecular formula is C22H39FN6O. The summed E-state index contributed by atoms with van der Waals surface area (Å²) in [6, 6.07) is 5.53. The number of nitrogens with zero attached hydrogens (tertiary/aromatic N) is 4. The number of anilines is 1. The van der Waals surface area contributed by atoms with Crippen molar-refractivity contribution in [2.24, 2.45) is 4.99 Å². The summed E-state index contributed by atoms with van der Waals surface area (Å²) in [4.78, 5) is 11.0. The van der Waals surface area contributed by atoms with E-state index in [1.165, 1.54) is 0 Å². The lowest BCUT2D eigenvalue weighted by Gasteiger charge is -2.35. The second kappa shape index (κ2) is 13.4. The van der Waals surface area contributed by atoms with E-state index in [1.54, 1.807) is 20.2 Å². The normalized spacial score (nSPS) is 15.7. The van der Waals surface area contributed by atoms with Gasteiger partial charge in [0, 0.05) is 73.1 Å². The van der Waals surface area contributed by atoms with Crippen LogP contribution in [-0.2, 0) is 11.3 Å². The quantitative estimate of drug-likeness (QED) is 0.321. The number of halogens is 1. The molecule has 1 aliphatic rings. The van der Waals surface area contributed by atoms with E-state index >= 15 is 0 Å². The summed E-state index contributed by atoms with van der Waals surface area (Å²) in [5, 5.41) is 6.57. The highest BCUT2D eigenvalue weighted by atomic mass is 19.1. The Morgan fingerprint density at radius 2 is 1.97 bits per heavy atom. The summed E-state index contributed by atoms with van der Waals surface area (Å²) in [6.45, 7) is 11.0. The monoisotopic (exact) mass is 422 g/mol. The van der Waals surface area contributed by atoms with Crippen LogP contribution in [0.3, 0.4) is 0 Å². The molecule has 2 N–H and O–H groups in total. The number of likely N-dealkylation sites (N-methyl/N-ethyl adjacent to an activating group) is 2. The van der Waals surface area contributed by atoms with E-state index in [0.29, 0.717) is 12.2 Å². The Morgan fingerprint density at radius 1 is 1.20 bits per heavy atom. The molecule has 1 fully saturated rings. The fraction of sp³-hybridized carbons (Fsp3) is 0.682. The molecule has 0 saturated carbocycles. The van der Waals surface area contributed by atoms with Gasteiger partial charge >= 0.3 is 0 Å². The zero-order chi connectivity index (χ0) is 21.8. The molecule has 1 aliphatic heterocycles. The molecule has 7 nitrogen and oxygen atoms in total. The van der Waals surface area contributed by atoms with E-state index in [2.05, 4.69) is 44.3 Å². The molecule has 1 aromatic carbocycles. The van der Waals surface area contributed by atoms with Gasteiger partial charge in [0.2, 0.25) is 0 Å². The molecule has 0 spiro atoms. The maximum atomic E-state index is 14.7. The van der Waals surface area contributed by atoms with Gasteiger partial charge in [-0.2, -0.15) is 0 Å². The van der Waals surface area contributed by atoms with Crippen molar-refractivity contribution >= 4 is 11.6 Å². The molecule has 0 aromatic heterocycles. The van der Waals surface area contributed by atoms with Gasteiger partial charge in [-0.3, -0.25) is 4.99 Å². The fourth-order valence-electron chi connectivity index (χ4n) is 3.58. The molecule has 0 atom stereocenters. The first-order valence-corrected chi connectivity index (χ1v) is 10.9. The van der Waals surface area contributed by atoms with Crippen LogP contribution in [0.2, 0.25) is 0 Å². The Bertz CT molecular complexity index is 649. The van der Waals surface area contributed by atoms with Gasteiger partial charge in [-0.1, -0.05) is 13.0 Å². The van der Waals surface area contributed by atoms with Crippen molar-refractivity contribution in [1.82, 2.24) is 20.4 Å². The smallest absolute Gasteiger partial charge is 0.191 e. The summed E-state index contributed by atoms with van der Waals surface area (Å²) < 4.78 is 19.8. The lowest BCUT2D eigenvalue weighted by molar-refractivity contribution is 0.180. The highest BCUT2D eigenvalue weighted by Crippen LogP contribution is 2.22. The number of ether oxygens (including phenoxy) is 1. The first-order chi connectivity index (χ1) is 14.6. The minimum atomic E-state index is -0.153. The third kappa shape index (κ3) is 8.08. The number of benzene rings is 1. The minimum Gasteiger partial charge on any atom is -0.385 e. The maximum absolute atomic E-state index is 14.7. The van der Waals surface area contributed by atoms with Gasteiger partial charge in [0.05, 0.1) is 5.69 Å². The largest absolute Gasteiger partial charge is 0.385 e. The van der Waals surface area contributed by atoms with Crippen LogP contribution in [0, 0.1) is 5.82 Å². The Kier molecular flexibility index (Phi) is 10.9. The van der Waals surface area contributed by atoms with E-state index in [-0.39, 0.29) is 5.82 Å². The van der Waals surface area contributed by atoms with Crippen LogP contribution in [-0.4, -0.2) is 95.9 Å². The minimum absolute atomic E-state index is 0.153. The van der Waals surface area contributed by atoms with Crippen molar-refractivity contribution in [1.29, 1.82) is 0 Å². The summed E-state index contributed by atoms with van der Waals surface area (Å²) in [5.41, 5.74) is 1.61. The van der Waals surface area contributed by atoms with Gasteiger partial charge in [-0.05, 0) is 37.7 Å². The predicted molar refractivity (Wildman–Crippen MR) is 123 cm³/mol. The molecule has 0 amide bonds. The molecule has 170 valence electrons. The average molecular weight is 423 g/mol. The zero-order valence-electron chi connectivity index (χ0n) is 19.1. The van der Waals surface area contributed by atoms with Gasteiger partial charge in [0.15, 0.2) is 5.96 Å². The Hall–Kier alpha value is -1.90. The number of hydrogen-bond acceptors (Lipinski definition) is 5. The standard InChI is InChI=1S/C22H39FN6O/c1-5-28-12-14-29(15-13-28)21-8-7-19(17-20(21)23)18-26-22(24-2)25-9-11-27(3)10-6-16-30-4/h7-8,17H,5-6,9-16,18H2,1-4H3,(H2,24,25,26). The Labute approximate surface area is 181 Å². The maximum Gasteiger partial charge on any atom is 0.191 e. The van der Waals surface area contributed by atoms with Crippen LogP contribution < -0.4 is 15.5 Å². The van der Waals surface area contributed by atoms with Crippen LogP contribution in [0.1, 0.15) is 18.9 Å². The fourth-order valence-corrected chi connectivity index (χ4v) is 3.58. The molecule has 1 heterocycles. The molecule has 30 heavy (non-hydrogen) atoms. The van der Waals surface area contributed by atoms with E-state index in [1.807, 2.05) is 12.1 Å². The van der Waals surface area contributed by atoms with Gasteiger partial charge in [0.25, 0.3) is 0 Å². The SMILES string of the molecule is CCN1CCN(c2ccc(CNC(=NC)NCCN(C)CCCOC)cc2F)CC1. The van der Waals surface area contributed by atoms with Crippen LogP contribution in [0.15, 0.2) is 23.2 Å². The molecule has 0 aliphatic carbocycles. The molecule has 0 radical (unpaired) electrons. The number of piperazine rings is 1. The number of nitrogens with one attached hydrogen (secondary N) is 2. The predicted octanol–water partition coefficient (Wildman–Crippen LogP) is 1.60. The second-order valence-corrected chi connectivity index (χ2v) is 7.71. The third-order valence-electron chi connectivity index (χ3n) is 5.53. The van der Waals surface area contributed by atoms with Crippen LogP contribution in [0.4, 0.5) is 10.1 Å². The van der Waals surface area contributed by atoms with Gasteiger partial charge < -0.3 is 30.1 Å². The van der Waals surface area contributed by atoms with E-state index in [4.69, 9.17) is 4.74 Å². The molecule has 2 rings (SSSR count). The molecule has 8 heteroatoms. The van der Waals surface area contributed by atoms with Gasteiger partial charge in [-0.25, -0.2) is 4.39 Å². The van der Waals surface area contributed by atoms with Crippen molar-refractivity contribution in [3.63, 3.8) is 0 Å². The van der Waals surface area contributed by atoms with Crippen LogP contribution in [0.25, 0.3) is 0 Å². The summed E-state index contributed by atoms with van der Waals surface area (Å²) in [6.07, 6.45) is 1.02. The van der Waals surface area contributed by atoms with Crippen LogP contribution >= 0.6 is 0 Å². The van der Waals surface area contributed by atoms with E-state index in [0.717, 1.165) is 76.9 Å². The average Bonchev–Trinajstić information content (AvgIpc) is 2.76. The third-order valence-corrected chi connectivity index (χ3v) is 5.53. The van der Waals surface area contributed by atoms with E-state index in [9.17, 15) is 4.39 Å². The lowest BCUT2D eigenvalue weighted by Crippen LogP contribution is -2.46. The first kappa shape index (κ1) is 24.4. The number of aliphatic imine (C=N–C) groups is 1. The van der Waals surface area contributed by atoms with Crippen molar-refractivity contribution in [3.8, 4) is 0 Å². The summed E-state index contributed by atoms with van der Waals surface area (Å²) >= 11 is 0. The molecule has 1 aromatic rings. The van der Waals surface area contributed by atoms with E-state index < -0.39 is 0 Å². The summed E-state index contributed by atoms with van der Waals surface area (Å²) in [7, 11) is 5.57. The number of rotatable bonds is 11. The van der Waals surface area contributed by atoms with Crippen LogP contribution in [0.5, 0.6) is 0 Å². The van der Waals surface area contributed by atoms with Gasteiger partial charge in [-0.15, -0.1) is 0 Å². The van der Waals surface area contributed by atoms with Crippen molar-refractivity contribution in [3.05, 3.63) is 29.6 Å². The Balaban J connectivity index is 1.75. The number of hydrogen-bond donors (Lipinski definition) is 2. The lowest BCUT2D eigenvalue weighted by atomic mass is 10.1. The Morgan fingerprint density at radius 3 is 2.60 bits per heavy atom. The van der Waals surface area contributed by atoms with Crippen molar-refractivity contribution in [2.45, 2.75) is 19.9 Å². The first-order valence-electron chi connectivity index (χ1n) is 10.9. The topological polar surface area (TPSA) is 55.4 Å². The van der Waals surface area contributed by atoms with Crippen molar-refractivity contribution in [2.75, 3.05) is 85.1 Å². The molecule has 0 unspecified atom stereocenters. The summed E-state index contributed by atoms with van der Waals surface area (Å²) in [5.74, 6) is 0.570. The highest BCUT2D eigenvalue weighted by molar-refractivity contribution is 5.79. The molecule has 0 bridgehead atoms. The highest BCUT2D eigenvalue weighted by Gasteiger charge is 2.18. The number of methoxy groups -OCH3 is 1. The molecular weight excluding hydrogens is 383 g/mol. The number of guanidine groups is 1.